The molecule has 0 unspecified atom stereocenters. The van der Waals surface area contributed by atoms with Crippen molar-refractivity contribution in [3.8, 4) is 0 Å². The average molecular weight is 308 g/mol. The maximum Gasteiger partial charge on any atom is 0.390 e. The first-order chi connectivity index (χ1) is 9.42. The van der Waals surface area contributed by atoms with Gasteiger partial charge < -0.3 is 10.6 Å². The number of nitrogens with one attached hydrogen (secondary N) is 2. The first kappa shape index (κ1) is 16.6. The van der Waals surface area contributed by atoms with Gasteiger partial charge in [0, 0.05) is 25.2 Å². The standard InChI is InChI=1S/C13H17ClF3N3/c1-18-12(20-9-7-13(15,16)17)19-8-6-10-4-2-3-5-11(10)14/h2-5H,6-9H2,1H3,(H2,18,19,20). The van der Waals surface area contributed by atoms with E-state index in [1.165, 1.54) is 7.05 Å². The van der Waals surface area contributed by atoms with E-state index in [0.29, 0.717) is 23.9 Å². The molecule has 0 aliphatic carbocycles. The molecular formula is C13H17ClF3N3. The molecular weight excluding hydrogens is 291 g/mol. The lowest BCUT2D eigenvalue weighted by molar-refractivity contribution is -0.132. The predicted octanol–water partition coefficient (Wildman–Crippen LogP) is 3.00. The molecule has 7 heteroatoms. The second kappa shape index (κ2) is 7.99. The summed E-state index contributed by atoms with van der Waals surface area (Å²) < 4.78 is 36.0. The minimum atomic E-state index is -4.16. The van der Waals surface area contributed by atoms with Gasteiger partial charge in [0.15, 0.2) is 5.96 Å². The summed E-state index contributed by atoms with van der Waals surface area (Å²) in [7, 11) is 1.51. The van der Waals surface area contributed by atoms with Crippen LogP contribution >= 0.6 is 11.6 Å². The second-order valence-electron chi connectivity index (χ2n) is 4.13. The SMILES string of the molecule is CN=C(NCCc1ccccc1Cl)NCCC(F)(F)F. The van der Waals surface area contributed by atoms with Crippen LogP contribution in [0, 0.1) is 0 Å². The molecule has 2 N–H and O–H groups in total. The van der Waals surface area contributed by atoms with Crippen LogP contribution in [-0.2, 0) is 6.42 Å². The van der Waals surface area contributed by atoms with E-state index in [4.69, 9.17) is 11.6 Å². The summed E-state index contributed by atoms with van der Waals surface area (Å²) in [6.07, 6.45) is -4.39. The number of hydrogen-bond acceptors (Lipinski definition) is 1. The van der Waals surface area contributed by atoms with Crippen molar-refractivity contribution >= 4 is 17.6 Å². The van der Waals surface area contributed by atoms with Crippen LogP contribution in [0.4, 0.5) is 13.2 Å². The molecule has 1 rings (SSSR count). The molecule has 0 atom stereocenters. The lowest BCUT2D eigenvalue weighted by atomic mass is 10.1. The van der Waals surface area contributed by atoms with Crippen molar-refractivity contribution in [2.45, 2.75) is 19.0 Å². The summed E-state index contributed by atoms with van der Waals surface area (Å²) in [5.41, 5.74) is 0.979. The average Bonchev–Trinajstić information content (AvgIpc) is 2.37. The van der Waals surface area contributed by atoms with Crippen LogP contribution in [0.1, 0.15) is 12.0 Å². The van der Waals surface area contributed by atoms with Crippen LogP contribution in [0.25, 0.3) is 0 Å². The second-order valence-corrected chi connectivity index (χ2v) is 4.54. The molecule has 0 fully saturated rings. The van der Waals surface area contributed by atoms with Crippen molar-refractivity contribution in [1.29, 1.82) is 0 Å². The fraction of sp³-hybridized carbons (Fsp3) is 0.462. The van der Waals surface area contributed by atoms with Crippen LogP contribution in [0.15, 0.2) is 29.3 Å². The fourth-order valence-corrected chi connectivity index (χ4v) is 1.79. The third-order valence-corrected chi connectivity index (χ3v) is 2.94. The molecule has 0 bridgehead atoms. The van der Waals surface area contributed by atoms with Gasteiger partial charge in [0.2, 0.25) is 0 Å². The highest BCUT2D eigenvalue weighted by Gasteiger charge is 2.26. The Hall–Kier alpha value is -1.43. The van der Waals surface area contributed by atoms with Gasteiger partial charge in [-0.3, -0.25) is 4.99 Å². The lowest BCUT2D eigenvalue weighted by Gasteiger charge is -2.13. The van der Waals surface area contributed by atoms with Gasteiger partial charge in [-0.25, -0.2) is 0 Å². The van der Waals surface area contributed by atoms with E-state index in [1.54, 1.807) is 6.07 Å². The Morgan fingerprint density at radius 2 is 1.85 bits per heavy atom. The van der Waals surface area contributed by atoms with E-state index in [9.17, 15) is 13.2 Å². The summed E-state index contributed by atoms with van der Waals surface area (Å²) in [5.74, 6) is 0.348. The predicted molar refractivity (Wildman–Crippen MR) is 75.2 cm³/mol. The van der Waals surface area contributed by atoms with Crippen LogP contribution in [0.5, 0.6) is 0 Å². The number of nitrogens with zero attached hydrogens (tertiary/aromatic N) is 1. The molecule has 112 valence electrons. The Balaban J connectivity index is 2.30. The molecule has 0 saturated carbocycles. The van der Waals surface area contributed by atoms with Crippen molar-refractivity contribution in [1.82, 2.24) is 10.6 Å². The number of alkyl halides is 3. The zero-order valence-electron chi connectivity index (χ0n) is 11.1. The maximum absolute atomic E-state index is 12.0. The van der Waals surface area contributed by atoms with Gasteiger partial charge in [0.05, 0.1) is 6.42 Å². The lowest BCUT2D eigenvalue weighted by Crippen LogP contribution is -2.39. The molecule has 0 radical (unpaired) electrons. The minimum absolute atomic E-state index is 0.199. The molecule has 0 heterocycles. The Morgan fingerprint density at radius 1 is 1.20 bits per heavy atom. The van der Waals surface area contributed by atoms with E-state index < -0.39 is 12.6 Å². The molecule has 20 heavy (non-hydrogen) atoms. The number of benzene rings is 1. The molecule has 1 aromatic rings. The van der Waals surface area contributed by atoms with Crippen LogP contribution in [-0.4, -0.2) is 32.3 Å². The van der Waals surface area contributed by atoms with Gasteiger partial charge in [-0.05, 0) is 18.1 Å². The van der Waals surface area contributed by atoms with Crippen LogP contribution < -0.4 is 10.6 Å². The van der Waals surface area contributed by atoms with Crippen LogP contribution in [0.3, 0.4) is 0 Å². The summed E-state index contributed by atoms with van der Waals surface area (Å²) in [4.78, 5) is 3.86. The van der Waals surface area contributed by atoms with Gasteiger partial charge >= 0.3 is 6.18 Å². The van der Waals surface area contributed by atoms with E-state index in [-0.39, 0.29) is 6.54 Å². The quantitative estimate of drug-likeness (QED) is 0.648. The highest BCUT2D eigenvalue weighted by Crippen LogP contribution is 2.18. The molecule has 0 aliphatic heterocycles. The smallest absolute Gasteiger partial charge is 0.356 e. The fourth-order valence-electron chi connectivity index (χ4n) is 1.56. The normalized spacial score (nSPS) is 12.3. The van der Waals surface area contributed by atoms with Gasteiger partial charge in [-0.2, -0.15) is 13.2 Å². The zero-order valence-corrected chi connectivity index (χ0v) is 11.9. The van der Waals surface area contributed by atoms with Crippen molar-refractivity contribution in [2.75, 3.05) is 20.1 Å². The summed E-state index contributed by atoms with van der Waals surface area (Å²) >= 11 is 6.01. The summed E-state index contributed by atoms with van der Waals surface area (Å²) in [5, 5.41) is 6.23. The largest absolute Gasteiger partial charge is 0.390 e. The van der Waals surface area contributed by atoms with Gasteiger partial charge in [-0.1, -0.05) is 29.8 Å². The van der Waals surface area contributed by atoms with Crippen molar-refractivity contribution < 1.29 is 13.2 Å². The van der Waals surface area contributed by atoms with Gasteiger partial charge in [0.25, 0.3) is 0 Å². The van der Waals surface area contributed by atoms with Crippen molar-refractivity contribution in [3.05, 3.63) is 34.9 Å². The number of hydrogen-bond donors (Lipinski definition) is 2. The minimum Gasteiger partial charge on any atom is -0.356 e. The monoisotopic (exact) mass is 307 g/mol. The van der Waals surface area contributed by atoms with Gasteiger partial charge in [0.1, 0.15) is 0 Å². The van der Waals surface area contributed by atoms with Gasteiger partial charge in [-0.15, -0.1) is 0 Å². The Bertz CT molecular complexity index is 447. The highest BCUT2D eigenvalue weighted by molar-refractivity contribution is 6.31. The van der Waals surface area contributed by atoms with Crippen molar-refractivity contribution in [3.63, 3.8) is 0 Å². The zero-order chi connectivity index (χ0) is 15.0. The van der Waals surface area contributed by atoms with E-state index in [0.717, 1.165) is 5.56 Å². The molecule has 0 spiro atoms. The van der Waals surface area contributed by atoms with Crippen LogP contribution in [0.2, 0.25) is 5.02 Å². The number of rotatable bonds is 5. The topological polar surface area (TPSA) is 36.4 Å². The Labute approximate surface area is 121 Å². The Morgan fingerprint density at radius 3 is 2.45 bits per heavy atom. The van der Waals surface area contributed by atoms with E-state index in [1.807, 2.05) is 18.2 Å². The third kappa shape index (κ3) is 6.65. The van der Waals surface area contributed by atoms with Crippen molar-refractivity contribution in [2.24, 2.45) is 4.99 Å². The highest BCUT2D eigenvalue weighted by atomic mass is 35.5. The molecule has 0 saturated heterocycles. The molecule has 3 nitrogen and oxygen atoms in total. The first-order valence-electron chi connectivity index (χ1n) is 6.17. The number of aliphatic imine (C=N–C) groups is 1. The summed E-state index contributed by atoms with van der Waals surface area (Å²) in [6.45, 7) is 0.338. The molecule has 0 aliphatic rings. The maximum atomic E-state index is 12.0. The van der Waals surface area contributed by atoms with E-state index >= 15 is 0 Å². The third-order valence-electron chi connectivity index (χ3n) is 2.57. The molecule has 0 amide bonds. The Kier molecular flexibility index (Phi) is 6.64. The molecule has 0 aromatic heterocycles. The number of halogens is 4. The van der Waals surface area contributed by atoms with E-state index in [2.05, 4.69) is 15.6 Å². The molecule has 1 aromatic carbocycles. The number of guanidine groups is 1. The summed E-state index contributed by atoms with van der Waals surface area (Å²) in [6, 6.07) is 7.44. The first-order valence-corrected chi connectivity index (χ1v) is 6.55.